The van der Waals surface area contributed by atoms with Crippen molar-refractivity contribution in [2.75, 3.05) is 14.2 Å². The summed E-state index contributed by atoms with van der Waals surface area (Å²) < 4.78 is 9.61. The maximum absolute atomic E-state index is 13.9. The van der Waals surface area contributed by atoms with Gasteiger partial charge in [-0.25, -0.2) is 19.6 Å². The predicted octanol–water partition coefficient (Wildman–Crippen LogP) is 4.20. The third-order valence-corrected chi connectivity index (χ3v) is 13.3. The van der Waals surface area contributed by atoms with E-state index in [0.717, 1.165) is 89.3 Å². The summed E-state index contributed by atoms with van der Waals surface area (Å²) in [4.78, 5) is 72.9. The van der Waals surface area contributed by atoms with Gasteiger partial charge in [-0.15, -0.1) is 0 Å². The van der Waals surface area contributed by atoms with Crippen molar-refractivity contribution in [3.05, 3.63) is 70.4 Å². The molecule has 10 rings (SSSR count). The number of piperidine rings is 2. The quantitative estimate of drug-likeness (QED) is 0.179. The molecule has 5 fully saturated rings. The highest BCUT2D eigenvalue weighted by Gasteiger charge is 2.71. The molecule has 3 saturated heterocycles. The standard InChI is InChI=1S/C43H47N9O6/c1-20(2)34(48-41(55)57-4)39(53)51-31-16-25(31)17-32(51)37-45-29-13-10-24-14-22(8-11-27(24)36(29)47-37)6-7-23-9-12-28-30(15-23)46-38(44-28)33-18-26-19-43(26)50-21(3)35(40(54)52(33)43)49-42(56)58-5/h8-9,11-12,14-15,20-21,25-26,31-35,50H,10,13,16-19H2,1-5H3,(H,44,46)(H,45,47)(H,48,55)(H,49,56)/t21?,25-,26+,31-,32+,33+,34+,35+,43-/m1/s1. The second-order valence-electron chi connectivity index (χ2n) is 17.2. The molecule has 4 aromatic rings. The third kappa shape index (κ3) is 5.82. The molecule has 1 spiro atoms. The van der Waals surface area contributed by atoms with E-state index >= 15 is 0 Å². The molecule has 1 unspecified atom stereocenters. The Morgan fingerprint density at radius 1 is 0.931 bits per heavy atom. The molecule has 2 aromatic carbocycles. The number of carbonyl (C=O) groups is 4. The Labute approximate surface area is 335 Å². The first-order chi connectivity index (χ1) is 28.0. The number of hydrogen-bond acceptors (Lipinski definition) is 9. The normalized spacial score (nSPS) is 29.0. The number of aromatic amines is 2. The van der Waals surface area contributed by atoms with Crippen LogP contribution in [0.5, 0.6) is 0 Å². The zero-order valence-electron chi connectivity index (χ0n) is 33.1. The summed E-state index contributed by atoms with van der Waals surface area (Å²) in [5.41, 5.74) is 7.25. The van der Waals surface area contributed by atoms with Crippen molar-refractivity contribution in [1.29, 1.82) is 0 Å². The molecule has 58 heavy (non-hydrogen) atoms. The van der Waals surface area contributed by atoms with Crippen LogP contribution in [-0.2, 0) is 31.9 Å². The van der Waals surface area contributed by atoms with Crippen molar-refractivity contribution >= 4 is 35.0 Å². The molecule has 6 aliphatic rings. The highest BCUT2D eigenvalue weighted by Crippen LogP contribution is 2.62. The number of likely N-dealkylation sites (tertiary alicyclic amines) is 1. The summed E-state index contributed by atoms with van der Waals surface area (Å²) in [6, 6.07) is 10.3. The van der Waals surface area contributed by atoms with Crippen LogP contribution in [-0.4, -0.2) is 97.8 Å². The lowest BCUT2D eigenvalue weighted by molar-refractivity contribution is -0.144. The lowest BCUT2D eigenvalue weighted by atomic mass is 9.91. The summed E-state index contributed by atoms with van der Waals surface area (Å²) >= 11 is 0. The van der Waals surface area contributed by atoms with E-state index in [1.807, 2.05) is 54.8 Å². The number of rotatable bonds is 6. The average molecular weight is 786 g/mol. The van der Waals surface area contributed by atoms with Gasteiger partial charge in [0.05, 0.1) is 48.7 Å². The van der Waals surface area contributed by atoms with Crippen LogP contribution in [0.4, 0.5) is 9.59 Å². The molecule has 15 heteroatoms. The van der Waals surface area contributed by atoms with Gasteiger partial charge in [0.2, 0.25) is 11.8 Å². The average Bonchev–Trinajstić information content (AvgIpc) is 3.79. The minimum absolute atomic E-state index is 0.0886. The van der Waals surface area contributed by atoms with Crippen molar-refractivity contribution in [2.45, 2.75) is 101 Å². The number of benzene rings is 2. The van der Waals surface area contributed by atoms with E-state index in [-0.39, 0.29) is 41.9 Å². The number of H-pyrrole nitrogens is 2. The van der Waals surface area contributed by atoms with Crippen LogP contribution in [0.25, 0.3) is 22.3 Å². The van der Waals surface area contributed by atoms with Gasteiger partial charge in [-0.2, -0.15) is 0 Å². The Morgan fingerprint density at radius 3 is 2.47 bits per heavy atom. The molecule has 300 valence electrons. The number of aromatic nitrogens is 4. The Hall–Kier alpha value is -5.88. The van der Waals surface area contributed by atoms with E-state index in [9.17, 15) is 19.2 Å². The fraction of sp³-hybridized carbons (Fsp3) is 0.488. The minimum Gasteiger partial charge on any atom is -0.453 e. The summed E-state index contributed by atoms with van der Waals surface area (Å²) in [5, 5.41) is 9.08. The maximum Gasteiger partial charge on any atom is 0.407 e. The molecule has 4 amide bonds. The predicted molar refractivity (Wildman–Crippen MR) is 211 cm³/mol. The van der Waals surface area contributed by atoms with Gasteiger partial charge in [-0.1, -0.05) is 31.8 Å². The Balaban J connectivity index is 0.859. The molecule has 0 bridgehead atoms. The summed E-state index contributed by atoms with van der Waals surface area (Å²) in [6.45, 7) is 5.78. The van der Waals surface area contributed by atoms with Crippen LogP contribution in [0.1, 0.15) is 92.6 Å². The highest BCUT2D eigenvalue weighted by atomic mass is 16.5. The number of aryl methyl sites for hydroxylation is 2. The monoisotopic (exact) mass is 785 g/mol. The largest absolute Gasteiger partial charge is 0.453 e. The first-order valence-corrected chi connectivity index (χ1v) is 20.3. The van der Waals surface area contributed by atoms with Gasteiger partial charge in [0.1, 0.15) is 23.7 Å². The molecule has 2 aromatic heterocycles. The zero-order chi connectivity index (χ0) is 40.2. The van der Waals surface area contributed by atoms with Crippen molar-refractivity contribution in [3.8, 4) is 23.1 Å². The molecule has 9 atom stereocenters. The molecule has 3 aliphatic heterocycles. The molecule has 3 aliphatic carbocycles. The molecule has 0 radical (unpaired) electrons. The number of fused-ring (bicyclic) bond motifs is 5. The number of amides is 4. The number of hydrogen-bond donors (Lipinski definition) is 5. The van der Waals surface area contributed by atoms with Gasteiger partial charge in [0, 0.05) is 40.4 Å². The number of alkyl carbamates (subject to hydrolysis) is 2. The van der Waals surface area contributed by atoms with E-state index < -0.39 is 29.9 Å². The molecule has 2 saturated carbocycles. The van der Waals surface area contributed by atoms with Crippen LogP contribution in [0.2, 0.25) is 0 Å². The zero-order valence-corrected chi connectivity index (χ0v) is 33.1. The first-order valence-electron chi connectivity index (χ1n) is 20.3. The van der Waals surface area contributed by atoms with Crippen LogP contribution < -0.4 is 16.0 Å². The van der Waals surface area contributed by atoms with Crippen molar-refractivity contribution < 1.29 is 28.7 Å². The van der Waals surface area contributed by atoms with Crippen LogP contribution in [0.3, 0.4) is 0 Å². The molecule has 15 nitrogen and oxygen atoms in total. The maximum atomic E-state index is 13.9. The second kappa shape index (κ2) is 13.3. The number of ether oxygens (including phenoxy) is 2. The SMILES string of the molecule is COC(=O)N[C@H](C(=O)N1[C@@H]2C[C@@H]2C[C@H]1c1nc2c([nH]1)CCc1cc(C#Cc3ccc4nc([C@@H]5C[C@H]6C[C@]67NC(C)[C@H](NC(=O)OC)C(=O)N57)[nH]c4c3)ccc1-2)C(C)C. The second-order valence-corrected chi connectivity index (χ2v) is 17.2. The number of carbonyl (C=O) groups excluding carboxylic acids is 4. The Kier molecular flexibility index (Phi) is 8.38. The van der Waals surface area contributed by atoms with Gasteiger partial charge in [-0.05, 0) is 93.2 Å². The molecular formula is C43H47N9O6. The highest BCUT2D eigenvalue weighted by molar-refractivity contribution is 5.90. The lowest BCUT2D eigenvalue weighted by Gasteiger charge is -2.44. The van der Waals surface area contributed by atoms with E-state index in [2.05, 4.69) is 49.9 Å². The number of methoxy groups -OCH3 is 2. The number of imidazole rings is 2. The fourth-order valence-electron chi connectivity index (χ4n) is 10.2. The Morgan fingerprint density at radius 2 is 1.69 bits per heavy atom. The lowest BCUT2D eigenvalue weighted by Crippen LogP contribution is -2.69. The first kappa shape index (κ1) is 36.5. The van der Waals surface area contributed by atoms with Gasteiger partial charge in [-0.3, -0.25) is 14.9 Å². The van der Waals surface area contributed by atoms with E-state index in [4.69, 9.17) is 19.4 Å². The van der Waals surface area contributed by atoms with Crippen LogP contribution in [0, 0.1) is 29.6 Å². The van der Waals surface area contributed by atoms with Crippen LogP contribution >= 0.6 is 0 Å². The van der Waals surface area contributed by atoms with Gasteiger partial charge >= 0.3 is 12.2 Å². The van der Waals surface area contributed by atoms with E-state index in [1.54, 1.807) is 0 Å². The van der Waals surface area contributed by atoms with Crippen molar-refractivity contribution in [1.82, 2.24) is 45.7 Å². The van der Waals surface area contributed by atoms with Gasteiger partial charge in [0.25, 0.3) is 0 Å². The fourth-order valence-corrected chi connectivity index (χ4v) is 10.2. The van der Waals surface area contributed by atoms with Gasteiger partial charge in [0.15, 0.2) is 0 Å². The van der Waals surface area contributed by atoms with Gasteiger partial charge < -0.3 is 39.9 Å². The minimum atomic E-state index is -0.735. The third-order valence-electron chi connectivity index (χ3n) is 13.3. The molecule has 5 heterocycles. The smallest absolute Gasteiger partial charge is 0.407 e. The number of nitrogens with one attached hydrogen (secondary N) is 5. The van der Waals surface area contributed by atoms with Crippen LogP contribution in [0.15, 0.2) is 36.4 Å². The summed E-state index contributed by atoms with van der Waals surface area (Å²) in [7, 11) is 2.60. The van der Waals surface area contributed by atoms with Crippen molar-refractivity contribution in [3.63, 3.8) is 0 Å². The molecular weight excluding hydrogens is 739 g/mol. The van der Waals surface area contributed by atoms with E-state index in [0.29, 0.717) is 11.8 Å². The summed E-state index contributed by atoms with van der Waals surface area (Å²) in [5.74, 6) is 8.69. The topological polar surface area (TPSA) is 187 Å². The van der Waals surface area contributed by atoms with Crippen molar-refractivity contribution in [2.24, 2.45) is 17.8 Å². The summed E-state index contributed by atoms with van der Waals surface area (Å²) in [6.07, 6.45) is 3.92. The Bertz CT molecular complexity index is 2460. The number of nitrogens with zero attached hydrogens (tertiary/aromatic N) is 4. The van der Waals surface area contributed by atoms with E-state index in [1.165, 1.54) is 19.8 Å². The molecule has 5 N–H and O–H groups in total.